The Balaban J connectivity index is 1.58. The van der Waals surface area contributed by atoms with Crippen molar-refractivity contribution in [3.63, 3.8) is 0 Å². The van der Waals surface area contributed by atoms with Crippen LogP contribution < -0.4 is 10.1 Å². The minimum Gasteiger partial charge on any atom is -0.457 e. The van der Waals surface area contributed by atoms with E-state index in [-0.39, 0.29) is 11.2 Å². The highest BCUT2D eigenvalue weighted by atomic mass is 16.5. The lowest BCUT2D eigenvalue weighted by molar-refractivity contribution is -0.116. The second-order valence-electron chi connectivity index (χ2n) is 7.12. The molecule has 0 spiro atoms. The molecule has 0 amide bonds. The highest BCUT2D eigenvalue weighted by molar-refractivity contribution is 5.92. The molecule has 3 heteroatoms. The first-order chi connectivity index (χ1) is 12.0. The Labute approximate surface area is 149 Å². The van der Waals surface area contributed by atoms with E-state index in [1.165, 1.54) is 0 Å². The van der Waals surface area contributed by atoms with Gasteiger partial charge in [-0.05, 0) is 66.0 Å². The summed E-state index contributed by atoms with van der Waals surface area (Å²) in [4.78, 5) is 11.8. The number of anilines is 1. The zero-order chi connectivity index (χ0) is 17.7. The van der Waals surface area contributed by atoms with Gasteiger partial charge in [0.15, 0.2) is 5.78 Å². The van der Waals surface area contributed by atoms with Crippen LogP contribution in [0.15, 0.2) is 78.5 Å². The Morgan fingerprint density at radius 2 is 1.64 bits per heavy atom. The summed E-state index contributed by atoms with van der Waals surface area (Å²) in [6.45, 7) is 4.26. The number of carbonyl (C=O) groups excluding carboxylic acids is 1. The summed E-state index contributed by atoms with van der Waals surface area (Å²) in [5.74, 6) is 1.82. The normalized spacial score (nSPS) is 16.6. The first-order valence-corrected chi connectivity index (χ1v) is 8.50. The molecule has 0 bridgehead atoms. The van der Waals surface area contributed by atoms with Crippen molar-refractivity contribution in [2.24, 2.45) is 5.41 Å². The number of benzene rings is 2. The van der Waals surface area contributed by atoms with Crippen molar-refractivity contribution >= 4 is 11.5 Å². The zero-order valence-corrected chi connectivity index (χ0v) is 14.7. The second kappa shape index (κ2) is 7.39. The highest BCUT2D eigenvalue weighted by Crippen LogP contribution is 2.34. The molecule has 25 heavy (non-hydrogen) atoms. The minimum atomic E-state index is 0.0436. The Morgan fingerprint density at radius 3 is 2.32 bits per heavy atom. The van der Waals surface area contributed by atoms with Gasteiger partial charge in [0.1, 0.15) is 11.5 Å². The van der Waals surface area contributed by atoms with Crippen LogP contribution in [0.3, 0.4) is 0 Å². The first-order valence-electron chi connectivity index (χ1n) is 8.50. The van der Waals surface area contributed by atoms with E-state index in [2.05, 4.69) is 19.2 Å². The molecule has 3 rings (SSSR count). The molecule has 0 saturated carbocycles. The molecular formula is C22H23NO2. The Bertz CT molecular complexity index is 787. The van der Waals surface area contributed by atoms with E-state index in [1.807, 2.05) is 66.9 Å². The van der Waals surface area contributed by atoms with Gasteiger partial charge in [-0.3, -0.25) is 4.79 Å². The van der Waals surface area contributed by atoms with E-state index in [4.69, 9.17) is 4.74 Å². The third-order valence-corrected chi connectivity index (χ3v) is 4.06. The second-order valence-corrected chi connectivity index (χ2v) is 7.12. The van der Waals surface area contributed by atoms with Gasteiger partial charge in [0.2, 0.25) is 0 Å². The number of rotatable bonds is 5. The van der Waals surface area contributed by atoms with E-state index in [1.54, 1.807) is 6.08 Å². The Kier molecular flexibility index (Phi) is 5.03. The van der Waals surface area contributed by atoms with E-state index in [0.29, 0.717) is 6.42 Å². The lowest BCUT2D eigenvalue weighted by atomic mass is 9.77. The maximum atomic E-state index is 11.8. The Hall–Kier alpha value is -2.81. The van der Waals surface area contributed by atoms with Gasteiger partial charge >= 0.3 is 0 Å². The number of hydrogen-bond donors (Lipinski definition) is 1. The van der Waals surface area contributed by atoms with Crippen molar-refractivity contribution in [2.45, 2.75) is 26.7 Å². The Morgan fingerprint density at radius 1 is 0.960 bits per heavy atom. The van der Waals surface area contributed by atoms with Crippen LogP contribution in [0.25, 0.3) is 0 Å². The SMILES string of the molecule is CC1(C)CC(=O)C=C(C=CNc2ccc(Oc3ccccc3)cc2)C1. The summed E-state index contributed by atoms with van der Waals surface area (Å²) in [6, 6.07) is 17.5. The molecule has 3 nitrogen and oxygen atoms in total. The number of para-hydroxylation sites is 1. The highest BCUT2D eigenvalue weighted by Gasteiger charge is 2.26. The van der Waals surface area contributed by atoms with Crippen molar-refractivity contribution < 1.29 is 9.53 Å². The molecule has 2 aromatic carbocycles. The van der Waals surface area contributed by atoms with Gasteiger partial charge in [-0.2, -0.15) is 0 Å². The third-order valence-electron chi connectivity index (χ3n) is 4.06. The molecule has 2 aromatic rings. The van der Waals surface area contributed by atoms with Crippen LogP contribution >= 0.6 is 0 Å². The fourth-order valence-electron chi connectivity index (χ4n) is 2.99. The van der Waals surface area contributed by atoms with Crippen LogP contribution in [0.2, 0.25) is 0 Å². The van der Waals surface area contributed by atoms with Gasteiger partial charge in [-0.25, -0.2) is 0 Å². The molecule has 1 aliphatic rings. The number of ether oxygens (including phenoxy) is 1. The van der Waals surface area contributed by atoms with Crippen LogP contribution in [0.1, 0.15) is 26.7 Å². The molecule has 0 saturated heterocycles. The molecule has 128 valence electrons. The van der Waals surface area contributed by atoms with E-state index >= 15 is 0 Å². The quantitative estimate of drug-likeness (QED) is 0.760. The van der Waals surface area contributed by atoms with Crippen molar-refractivity contribution in [3.8, 4) is 11.5 Å². The van der Waals surface area contributed by atoms with Crippen LogP contribution in [-0.2, 0) is 4.79 Å². The molecule has 1 aliphatic carbocycles. The molecular weight excluding hydrogens is 310 g/mol. The molecule has 0 aromatic heterocycles. The third kappa shape index (κ3) is 5.08. The maximum Gasteiger partial charge on any atom is 0.156 e. The molecule has 0 radical (unpaired) electrons. The lowest BCUT2D eigenvalue weighted by Gasteiger charge is -2.27. The zero-order valence-electron chi connectivity index (χ0n) is 14.7. The van der Waals surface area contributed by atoms with Crippen LogP contribution in [0, 0.1) is 5.41 Å². The number of carbonyl (C=O) groups is 1. The predicted octanol–water partition coefficient (Wildman–Crippen LogP) is 5.72. The smallest absolute Gasteiger partial charge is 0.156 e. The molecule has 0 unspecified atom stereocenters. The monoisotopic (exact) mass is 333 g/mol. The molecule has 0 atom stereocenters. The number of allylic oxidation sites excluding steroid dienone is 3. The number of ketones is 1. The summed E-state index contributed by atoms with van der Waals surface area (Å²) in [5.41, 5.74) is 2.08. The van der Waals surface area contributed by atoms with Crippen LogP contribution in [0.5, 0.6) is 11.5 Å². The maximum absolute atomic E-state index is 11.8. The largest absolute Gasteiger partial charge is 0.457 e. The van der Waals surface area contributed by atoms with Crippen molar-refractivity contribution in [2.75, 3.05) is 5.32 Å². The summed E-state index contributed by atoms with van der Waals surface area (Å²) < 4.78 is 5.78. The predicted molar refractivity (Wildman–Crippen MR) is 102 cm³/mol. The molecule has 0 aliphatic heterocycles. The van der Waals surface area contributed by atoms with Gasteiger partial charge in [0.25, 0.3) is 0 Å². The topological polar surface area (TPSA) is 38.3 Å². The van der Waals surface area contributed by atoms with Crippen molar-refractivity contribution in [3.05, 3.63) is 78.5 Å². The van der Waals surface area contributed by atoms with Gasteiger partial charge < -0.3 is 10.1 Å². The van der Waals surface area contributed by atoms with Crippen molar-refractivity contribution in [1.29, 1.82) is 0 Å². The summed E-state index contributed by atoms with van der Waals surface area (Å²) in [7, 11) is 0. The molecule has 0 heterocycles. The number of nitrogens with one attached hydrogen (secondary N) is 1. The molecule has 0 fully saturated rings. The van der Waals surface area contributed by atoms with Gasteiger partial charge in [-0.15, -0.1) is 0 Å². The standard InChI is InChI=1S/C22H23NO2/c1-22(2)15-17(14-19(24)16-22)12-13-23-18-8-10-21(11-9-18)25-20-6-4-3-5-7-20/h3-14,23H,15-16H2,1-2H3. The minimum absolute atomic E-state index is 0.0436. The van der Waals surface area contributed by atoms with E-state index in [9.17, 15) is 4.79 Å². The summed E-state index contributed by atoms with van der Waals surface area (Å²) in [6.07, 6.45) is 7.16. The molecule has 1 N–H and O–H groups in total. The summed E-state index contributed by atoms with van der Waals surface area (Å²) in [5, 5.41) is 3.24. The van der Waals surface area contributed by atoms with E-state index in [0.717, 1.165) is 29.2 Å². The average molecular weight is 333 g/mol. The van der Waals surface area contributed by atoms with Gasteiger partial charge in [0.05, 0.1) is 0 Å². The van der Waals surface area contributed by atoms with Crippen molar-refractivity contribution in [1.82, 2.24) is 0 Å². The van der Waals surface area contributed by atoms with Crippen LogP contribution in [-0.4, -0.2) is 5.78 Å². The van der Waals surface area contributed by atoms with Gasteiger partial charge in [0, 0.05) is 18.3 Å². The fourth-order valence-corrected chi connectivity index (χ4v) is 2.99. The fraction of sp³-hybridized carbons (Fsp3) is 0.227. The van der Waals surface area contributed by atoms with E-state index < -0.39 is 0 Å². The van der Waals surface area contributed by atoms with Crippen LogP contribution in [0.4, 0.5) is 5.69 Å². The average Bonchev–Trinajstić information content (AvgIpc) is 2.56. The number of hydrogen-bond acceptors (Lipinski definition) is 3. The first kappa shape index (κ1) is 17.0. The summed E-state index contributed by atoms with van der Waals surface area (Å²) >= 11 is 0. The van der Waals surface area contributed by atoms with Gasteiger partial charge in [-0.1, -0.05) is 32.0 Å². The lowest BCUT2D eigenvalue weighted by Crippen LogP contribution is -2.21.